The van der Waals surface area contributed by atoms with Crippen LogP contribution in [0, 0.1) is 0 Å². The summed E-state index contributed by atoms with van der Waals surface area (Å²) in [5.74, 6) is -0.00773. The van der Waals surface area contributed by atoms with Crippen molar-refractivity contribution in [2.24, 2.45) is 0 Å². The van der Waals surface area contributed by atoms with Crippen molar-refractivity contribution in [1.29, 1.82) is 0 Å². The molecule has 0 N–H and O–H groups in total. The van der Waals surface area contributed by atoms with Gasteiger partial charge in [-0.3, -0.25) is 9.59 Å². The number of hydrogen-bond donors (Lipinski definition) is 0. The third-order valence-electron chi connectivity index (χ3n) is 4.87. The van der Waals surface area contributed by atoms with Crippen LogP contribution in [0.2, 0.25) is 0 Å². The largest absolute Gasteiger partial charge is 0.424 e. The van der Waals surface area contributed by atoms with Gasteiger partial charge in [0.25, 0.3) is 5.91 Å². The Hall–Kier alpha value is -3.64. The fourth-order valence-corrected chi connectivity index (χ4v) is 4.06. The molecule has 1 aliphatic rings. The van der Waals surface area contributed by atoms with Gasteiger partial charge in [-0.15, -0.1) is 0 Å². The molecule has 166 valence electrons. The Morgan fingerprint density at radius 3 is 2.41 bits per heavy atom. The molecule has 0 unspecified atom stereocenters. The number of benzene rings is 1. The number of hydrogen-bond acceptors (Lipinski definition) is 8. The van der Waals surface area contributed by atoms with Crippen LogP contribution in [0.15, 0.2) is 48.8 Å². The zero-order chi connectivity index (χ0) is 22.7. The second-order valence-corrected chi connectivity index (χ2v) is 9.06. The molecule has 1 aliphatic heterocycles. The molecule has 1 saturated heterocycles. The maximum atomic E-state index is 12.9. The van der Waals surface area contributed by atoms with Gasteiger partial charge in [-0.25, -0.2) is 13.1 Å². The van der Waals surface area contributed by atoms with Gasteiger partial charge in [0.15, 0.2) is 6.29 Å². The average Bonchev–Trinajstić information content (AvgIpc) is 3.33. The molecular weight excluding hydrogens is 436 g/mol. The summed E-state index contributed by atoms with van der Waals surface area (Å²) >= 11 is 0. The van der Waals surface area contributed by atoms with Crippen LogP contribution in [-0.4, -0.2) is 82.0 Å². The number of rotatable bonds is 6. The van der Waals surface area contributed by atoms with E-state index in [0.29, 0.717) is 12.0 Å². The first-order valence-corrected chi connectivity index (χ1v) is 11.5. The Bertz CT molecular complexity index is 1220. The highest BCUT2D eigenvalue weighted by atomic mass is 32.2. The minimum absolute atomic E-state index is 0.00119. The summed E-state index contributed by atoms with van der Waals surface area (Å²) in [7, 11) is -3.31. The maximum absolute atomic E-state index is 12.9. The second kappa shape index (κ2) is 8.85. The Kier molecular flexibility index (Phi) is 5.97. The number of piperazine rings is 1. The van der Waals surface area contributed by atoms with Crippen LogP contribution in [0.5, 0.6) is 11.8 Å². The van der Waals surface area contributed by atoms with E-state index in [4.69, 9.17) is 4.74 Å². The Morgan fingerprint density at radius 2 is 1.81 bits per heavy atom. The maximum Gasteiger partial charge on any atom is 0.323 e. The van der Waals surface area contributed by atoms with E-state index < -0.39 is 15.9 Å². The molecule has 1 amide bonds. The highest BCUT2D eigenvalue weighted by Gasteiger charge is 2.27. The van der Waals surface area contributed by atoms with Crippen LogP contribution < -0.4 is 4.74 Å². The van der Waals surface area contributed by atoms with Crippen LogP contribution in [0.3, 0.4) is 0 Å². The van der Waals surface area contributed by atoms with Crippen LogP contribution in [0.4, 0.5) is 0 Å². The van der Waals surface area contributed by atoms with E-state index in [1.807, 2.05) is 6.07 Å². The SMILES string of the molecule is CS(=O)(=O)N1CCN(C(=O)c2cc(C=O)nc(Oc3ccc(-n4cccn4)cc3)n2)CC1. The summed E-state index contributed by atoms with van der Waals surface area (Å²) in [5.41, 5.74) is 0.827. The lowest BCUT2D eigenvalue weighted by Gasteiger charge is -2.33. The van der Waals surface area contributed by atoms with Crippen LogP contribution >= 0.6 is 0 Å². The molecule has 1 fully saturated rings. The van der Waals surface area contributed by atoms with Gasteiger partial charge >= 0.3 is 6.01 Å². The molecule has 2 aromatic heterocycles. The molecular formula is C20H20N6O5S. The molecule has 0 saturated carbocycles. The molecule has 11 nitrogen and oxygen atoms in total. The second-order valence-electron chi connectivity index (χ2n) is 7.08. The van der Waals surface area contributed by atoms with Crippen molar-refractivity contribution in [1.82, 2.24) is 29.0 Å². The summed E-state index contributed by atoms with van der Waals surface area (Å²) < 4.78 is 32.0. The summed E-state index contributed by atoms with van der Waals surface area (Å²) in [5, 5.41) is 4.15. The van der Waals surface area contributed by atoms with Crippen LogP contribution in [0.25, 0.3) is 5.69 Å². The van der Waals surface area contributed by atoms with Crippen molar-refractivity contribution in [3.63, 3.8) is 0 Å². The standard InChI is InChI=1S/C20H20N6O5S/c1-32(29,30)25-11-9-24(10-12-25)19(28)18-13-15(14-27)22-20(23-18)31-17-5-3-16(4-6-17)26-8-2-7-21-26/h2-8,13-14H,9-12H2,1H3. The van der Waals surface area contributed by atoms with Gasteiger partial charge in [0, 0.05) is 38.6 Å². The van der Waals surface area contributed by atoms with Gasteiger partial charge in [-0.05, 0) is 36.4 Å². The third-order valence-corrected chi connectivity index (χ3v) is 6.18. The van der Waals surface area contributed by atoms with Gasteiger partial charge in [0.2, 0.25) is 10.0 Å². The molecule has 0 atom stereocenters. The van der Waals surface area contributed by atoms with E-state index in [1.165, 1.54) is 15.3 Å². The molecule has 4 rings (SSSR count). The molecule has 0 bridgehead atoms. The van der Waals surface area contributed by atoms with Crippen molar-refractivity contribution in [3.8, 4) is 17.4 Å². The van der Waals surface area contributed by atoms with E-state index in [0.717, 1.165) is 11.9 Å². The van der Waals surface area contributed by atoms with Gasteiger partial charge in [0.05, 0.1) is 11.9 Å². The van der Waals surface area contributed by atoms with Gasteiger partial charge < -0.3 is 9.64 Å². The lowest BCUT2D eigenvalue weighted by Crippen LogP contribution is -2.50. The summed E-state index contributed by atoms with van der Waals surface area (Å²) in [4.78, 5) is 33.9. The molecule has 3 aromatic rings. The lowest BCUT2D eigenvalue weighted by molar-refractivity contribution is 0.0691. The first kappa shape index (κ1) is 21.6. The lowest BCUT2D eigenvalue weighted by atomic mass is 10.2. The monoisotopic (exact) mass is 456 g/mol. The summed E-state index contributed by atoms with van der Waals surface area (Å²) in [6, 6.07) is 9.92. The van der Waals surface area contributed by atoms with Crippen molar-refractivity contribution < 1.29 is 22.7 Å². The predicted octanol–water partition coefficient (Wildman–Crippen LogP) is 0.984. The molecule has 0 aliphatic carbocycles. The molecule has 32 heavy (non-hydrogen) atoms. The quantitative estimate of drug-likeness (QED) is 0.502. The number of aldehydes is 1. The topological polar surface area (TPSA) is 128 Å². The first-order valence-electron chi connectivity index (χ1n) is 9.70. The van der Waals surface area contributed by atoms with Crippen molar-refractivity contribution in [2.45, 2.75) is 0 Å². The Balaban J connectivity index is 1.50. The predicted molar refractivity (Wildman–Crippen MR) is 113 cm³/mol. The number of carbonyl (C=O) groups excluding carboxylic acids is 2. The molecule has 0 radical (unpaired) electrons. The number of aromatic nitrogens is 4. The minimum atomic E-state index is -3.31. The van der Waals surface area contributed by atoms with E-state index in [2.05, 4.69) is 15.1 Å². The zero-order valence-corrected chi connectivity index (χ0v) is 18.0. The fourth-order valence-electron chi connectivity index (χ4n) is 3.24. The van der Waals surface area contributed by atoms with E-state index in [1.54, 1.807) is 41.3 Å². The first-order chi connectivity index (χ1) is 15.3. The number of sulfonamides is 1. The molecule has 0 spiro atoms. The Labute approximate surface area is 184 Å². The van der Waals surface area contributed by atoms with Crippen molar-refractivity contribution in [2.75, 3.05) is 32.4 Å². The highest BCUT2D eigenvalue weighted by Crippen LogP contribution is 2.21. The summed E-state index contributed by atoms with van der Waals surface area (Å²) in [6.07, 6.45) is 5.12. The number of ether oxygens (including phenoxy) is 1. The van der Waals surface area contributed by atoms with Gasteiger partial charge in [0.1, 0.15) is 17.1 Å². The van der Waals surface area contributed by atoms with Gasteiger partial charge in [-0.1, -0.05) is 0 Å². The number of carbonyl (C=O) groups is 2. The van der Waals surface area contributed by atoms with E-state index in [9.17, 15) is 18.0 Å². The summed E-state index contributed by atoms with van der Waals surface area (Å²) in [6.45, 7) is 0.832. The van der Waals surface area contributed by atoms with Crippen LogP contribution in [0.1, 0.15) is 21.0 Å². The smallest absolute Gasteiger partial charge is 0.323 e. The molecule has 1 aromatic carbocycles. The van der Waals surface area contributed by atoms with Crippen LogP contribution in [-0.2, 0) is 10.0 Å². The normalized spacial score (nSPS) is 14.8. The van der Waals surface area contributed by atoms with Gasteiger partial charge in [-0.2, -0.15) is 19.4 Å². The van der Waals surface area contributed by atoms with Crippen molar-refractivity contribution >= 4 is 22.2 Å². The Morgan fingerprint density at radius 1 is 1.09 bits per heavy atom. The number of amides is 1. The molecule has 3 heterocycles. The number of nitrogens with zero attached hydrogens (tertiary/aromatic N) is 6. The average molecular weight is 456 g/mol. The molecule has 12 heteroatoms. The highest BCUT2D eigenvalue weighted by molar-refractivity contribution is 7.88. The fraction of sp³-hybridized carbons (Fsp3) is 0.250. The van der Waals surface area contributed by atoms with E-state index in [-0.39, 0.29) is 43.6 Å². The third kappa shape index (κ3) is 4.81. The van der Waals surface area contributed by atoms with E-state index >= 15 is 0 Å². The van der Waals surface area contributed by atoms with Crippen molar-refractivity contribution in [3.05, 3.63) is 60.2 Å². The minimum Gasteiger partial charge on any atom is -0.424 e. The zero-order valence-electron chi connectivity index (χ0n) is 17.2.